The van der Waals surface area contributed by atoms with Crippen LogP contribution in [0.1, 0.15) is 22.3 Å². The molecule has 2 N–H and O–H groups in total. The van der Waals surface area contributed by atoms with Crippen molar-refractivity contribution in [3.8, 4) is 0 Å². The number of carbonyl (C=O) groups is 1. The second-order valence-electron chi connectivity index (χ2n) is 5.52. The summed E-state index contributed by atoms with van der Waals surface area (Å²) in [5.41, 5.74) is 1.64. The first-order chi connectivity index (χ1) is 11.8. The number of hydrogen-bond acceptors (Lipinski definition) is 3. The maximum absolute atomic E-state index is 12.1. The Bertz CT molecular complexity index is 870. The highest BCUT2D eigenvalue weighted by molar-refractivity contribution is 7.92. The smallest absolute Gasteiger partial charge is 0.251 e. The van der Waals surface area contributed by atoms with Gasteiger partial charge in [-0.2, -0.15) is 0 Å². The number of benzene rings is 2. The van der Waals surface area contributed by atoms with Crippen LogP contribution in [0.2, 0.25) is 10.0 Å². The molecule has 25 heavy (non-hydrogen) atoms. The fourth-order valence-corrected chi connectivity index (χ4v) is 3.31. The summed E-state index contributed by atoms with van der Waals surface area (Å²) in [5, 5.41) is 3.68. The Hall–Kier alpha value is -1.76. The van der Waals surface area contributed by atoms with Crippen molar-refractivity contribution in [2.45, 2.75) is 12.8 Å². The predicted octanol–water partition coefficient (Wildman–Crippen LogP) is 3.73. The third-order valence-corrected chi connectivity index (χ3v) is 4.67. The van der Waals surface area contributed by atoms with E-state index in [4.69, 9.17) is 23.2 Å². The van der Waals surface area contributed by atoms with Crippen LogP contribution in [-0.2, 0) is 16.4 Å². The van der Waals surface area contributed by atoms with Crippen molar-refractivity contribution in [3.05, 3.63) is 63.6 Å². The number of rotatable bonds is 7. The van der Waals surface area contributed by atoms with Crippen LogP contribution in [0, 0.1) is 0 Å². The number of carbonyl (C=O) groups excluding carboxylic acids is 1. The molecule has 0 fully saturated rings. The van der Waals surface area contributed by atoms with E-state index in [0.717, 1.165) is 29.7 Å². The molecule has 2 aromatic rings. The number of sulfonamides is 1. The zero-order valence-electron chi connectivity index (χ0n) is 13.6. The molecule has 134 valence electrons. The van der Waals surface area contributed by atoms with Crippen molar-refractivity contribution in [3.63, 3.8) is 0 Å². The maximum atomic E-state index is 12.1. The third-order valence-electron chi connectivity index (χ3n) is 3.39. The van der Waals surface area contributed by atoms with Gasteiger partial charge < -0.3 is 5.32 Å². The van der Waals surface area contributed by atoms with Crippen molar-refractivity contribution < 1.29 is 13.2 Å². The molecular formula is C17H18Cl2N2O3S. The summed E-state index contributed by atoms with van der Waals surface area (Å²) >= 11 is 12.1. The minimum absolute atomic E-state index is 0.161. The van der Waals surface area contributed by atoms with Crippen molar-refractivity contribution in [2.24, 2.45) is 0 Å². The lowest BCUT2D eigenvalue weighted by molar-refractivity contribution is 0.0953. The summed E-state index contributed by atoms with van der Waals surface area (Å²) in [5.74, 6) is -0.271. The monoisotopic (exact) mass is 400 g/mol. The van der Waals surface area contributed by atoms with Crippen LogP contribution in [0.3, 0.4) is 0 Å². The van der Waals surface area contributed by atoms with E-state index < -0.39 is 10.0 Å². The Kier molecular flexibility index (Phi) is 6.70. The average molecular weight is 401 g/mol. The van der Waals surface area contributed by atoms with Gasteiger partial charge in [-0.05, 0) is 42.7 Å². The molecule has 0 aliphatic rings. The van der Waals surface area contributed by atoms with E-state index in [9.17, 15) is 13.2 Å². The molecule has 0 aromatic heterocycles. The summed E-state index contributed by atoms with van der Waals surface area (Å²) in [4.78, 5) is 12.1. The van der Waals surface area contributed by atoms with E-state index in [-0.39, 0.29) is 16.6 Å². The maximum Gasteiger partial charge on any atom is 0.251 e. The first kappa shape index (κ1) is 19.6. The molecule has 0 saturated heterocycles. The zero-order chi connectivity index (χ0) is 18.4. The Labute approximate surface area is 157 Å². The lowest BCUT2D eigenvalue weighted by Gasteiger charge is -2.09. The molecule has 1 amide bonds. The van der Waals surface area contributed by atoms with Crippen molar-refractivity contribution in [1.82, 2.24) is 5.32 Å². The van der Waals surface area contributed by atoms with Gasteiger partial charge in [0.05, 0.1) is 17.0 Å². The van der Waals surface area contributed by atoms with Crippen molar-refractivity contribution in [1.29, 1.82) is 0 Å². The van der Waals surface area contributed by atoms with Crippen LogP contribution in [-0.4, -0.2) is 27.1 Å². The highest BCUT2D eigenvalue weighted by Crippen LogP contribution is 2.24. The molecule has 0 radical (unpaired) electrons. The molecule has 0 aliphatic heterocycles. The fraction of sp³-hybridized carbons (Fsp3) is 0.235. The van der Waals surface area contributed by atoms with Gasteiger partial charge in [0.1, 0.15) is 0 Å². The van der Waals surface area contributed by atoms with Crippen LogP contribution in [0.25, 0.3) is 0 Å². The molecule has 0 atom stereocenters. The number of hydrogen-bond donors (Lipinski definition) is 2. The molecule has 0 spiro atoms. The van der Waals surface area contributed by atoms with Gasteiger partial charge in [0.15, 0.2) is 0 Å². The fourth-order valence-electron chi connectivity index (χ4n) is 2.22. The van der Waals surface area contributed by atoms with Gasteiger partial charge in [0.25, 0.3) is 5.91 Å². The Morgan fingerprint density at radius 3 is 2.44 bits per heavy atom. The second kappa shape index (κ2) is 8.56. The summed E-state index contributed by atoms with van der Waals surface area (Å²) in [7, 11) is -3.43. The molecule has 5 nitrogen and oxygen atoms in total. The third kappa shape index (κ3) is 6.23. The van der Waals surface area contributed by atoms with Gasteiger partial charge in [-0.25, -0.2) is 8.42 Å². The van der Waals surface area contributed by atoms with Crippen molar-refractivity contribution >= 4 is 44.8 Å². The molecule has 2 aromatic carbocycles. The number of anilines is 1. The zero-order valence-corrected chi connectivity index (χ0v) is 15.9. The minimum atomic E-state index is -3.43. The largest absolute Gasteiger partial charge is 0.352 e. The molecule has 0 aliphatic carbocycles. The van der Waals surface area contributed by atoms with Gasteiger partial charge >= 0.3 is 0 Å². The molecule has 0 heterocycles. The summed E-state index contributed by atoms with van der Waals surface area (Å²) in [6.07, 6.45) is 2.54. The number of nitrogens with one attached hydrogen (secondary N) is 2. The van der Waals surface area contributed by atoms with Gasteiger partial charge in [0.2, 0.25) is 10.0 Å². The molecular weight excluding hydrogens is 383 g/mol. The normalized spacial score (nSPS) is 11.2. The SMILES string of the molecule is CS(=O)(=O)Nc1ccc(C(=O)NCCCc2ccccc2Cl)cc1Cl. The van der Waals surface area contributed by atoms with Gasteiger partial charge in [-0.3, -0.25) is 9.52 Å². The van der Waals surface area contributed by atoms with Gasteiger partial charge in [-0.1, -0.05) is 41.4 Å². The van der Waals surface area contributed by atoms with E-state index in [1.54, 1.807) is 0 Å². The standard InChI is InChI=1S/C17H18Cl2N2O3S/c1-25(23,24)21-16-9-8-13(11-15(16)19)17(22)20-10-4-6-12-5-2-3-7-14(12)18/h2-3,5,7-9,11,21H,4,6,10H2,1H3,(H,20,22). The van der Waals surface area contributed by atoms with Crippen molar-refractivity contribution in [2.75, 3.05) is 17.5 Å². The molecule has 0 bridgehead atoms. The molecule has 0 saturated carbocycles. The quantitative estimate of drug-likeness (QED) is 0.695. The Balaban J connectivity index is 1.88. The van der Waals surface area contributed by atoms with E-state index in [1.807, 2.05) is 24.3 Å². The number of amides is 1. The predicted molar refractivity (Wildman–Crippen MR) is 102 cm³/mol. The van der Waals surface area contributed by atoms with Crippen LogP contribution < -0.4 is 10.0 Å². The molecule has 8 heteroatoms. The second-order valence-corrected chi connectivity index (χ2v) is 8.08. The Morgan fingerprint density at radius 1 is 1.08 bits per heavy atom. The van der Waals surface area contributed by atoms with Gasteiger partial charge in [-0.15, -0.1) is 0 Å². The highest BCUT2D eigenvalue weighted by Gasteiger charge is 2.11. The number of aryl methyl sites for hydroxylation is 1. The van der Waals surface area contributed by atoms with Crippen LogP contribution in [0.4, 0.5) is 5.69 Å². The summed E-state index contributed by atoms with van der Waals surface area (Å²) in [6, 6.07) is 12.0. The average Bonchev–Trinajstić information content (AvgIpc) is 2.53. The minimum Gasteiger partial charge on any atom is -0.352 e. The summed E-state index contributed by atoms with van der Waals surface area (Å²) < 4.78 is 24.7. The lowest BCUT2D eigenvalue weighted by Crippen LogP contribution is -2.24. The van der Waals surface area contributed by atoms with E-state index in [0.29, 0.717) is 12.1 Å². The first-order valence-electron chi connectivity index (χ1n) is 7.55. The van der Waals surface area contributed by atoms with Gasteiger partial charge in [0, 0.05) is 17.1 Å². The first-order valence-corrected chi connectivity index (χ1v) is 10.2. The number of halogens is 2. The van der Waals surface area contributed by atoms with E-state index in [2.05, 4.69) is 10.0 Å². The van der Waals surface area contributed by atoms with Crippen LogP contribution in [0.15, 0.2) is 42.5 Å². The molecule has 0 unspecified atom stereocenters. The van der Waals surface area contributed by atoms with Crippen LogP contribution >= 0.6 is 23.2 Å². The van der Waals surface area contributed by atoms with E-state index >= 15 is 0 Å². The highest BCUT2D eigenvalue weighted by atomic mass is 35.5. The molecule has 2 rings (SSSR count). The lowest BCUT2D eigenvalue weighted by atomic mass is 10.1. The van der Waals surface area contributed by atoms with Crippen LogP contribution in [0.5, 0.6) is 0 Å². The Morgan fingerprint density at radius 2 is 1.80 bits per heavy atom. The summed E-state index contributed by atoms with van der Waals surface area (Å²) in [6.45, 7) is 0.491. The van der Waals surface area contributed by atoms with E-state index in [1.165, 1.54) is 18.2 Å². The topological polar surface area (TPSA) is 75.3 Å².